The largest absolute Gasteiger partial charge is 0.463 e. The lowest BCUT2D eigenvalue weighted by atomic mass is 9.96. The van der Waals surface area contributed by atoms with Crippen molar-refractivity contribution < 1.29 is 47.8 Å². The average molecular weight is 596 g/mol. The molecule has 0 bridgehead atoms. The highest BCUT2D eigenvalue weighted by atomic mass is 16.8. The summed E-state index contributed by atoms with van der Waals surface area (Å²) < 4.78 is 22.0. The molecule has 2 amide bonds. The molecule has 1 N–H and O–H groups in total. The number of nitrogens with one attached hydrogen (secondary N) is 1. The second kappa shape index (κ2) is 13.5. The van der Waals surface area contributed by atoms with Gasteiger partial charge in [-0.1, -0.05) is 47.1 Å². The van der Waals surface area contributed by atoms with E-state index in [4.69, 9.17) is 23.8 Å². The standard InChI is InChI=1S/C30H33N3O10/c1-16-11-12-23-22(13-16)25(29(38)33(23)14-21-9-7-6-8-10-21)32-43-30-26(31-17(2)34)28(41-20(5)37)27(40-19(4)36)24(42-30)15-39-18(3)35/h6-13,24,26-28,30H,14-15H2,1-5H3,(H,31,34)/b32-25-/t24-,26+,27+,28-,30+/m1/s1. The van der Waals surface area contributed by atoms with Crippen molar-refractivity contribution in [2.45, 2.75) is 71.8 Å². The van der Waals surface area contributed by atoms with Crippen LogP contribution in [0.15, 0.2) is 53.7 Å². The van der Waals surface area contributed by atoms with Crippen LogP contribution in [0, 0.1) is 6.92 Å². The monoisotopic (exact) mass is 595 g/mol. The first kappa shape index (κ1) is 31.2. The molecule has 2 heterocycles. The van der Waals surface area contributed by atoms with Gasteiger partial charge >= 0.3 is 17.9 Å². The Morgan fingerprint density at radius 3 is 2.23 bits per heavy atom. The summed E-state index contributed by atoms with van der Waals surface area (Å²) in [7, 11) is 0. The van der Waals surface area contributed by atoms with Gasteiger partial charge in [0.25, 0.3) is 12.2 Å². The zero-order valence-corrected chi connectivity index (χ0v) is 24.4. The van der Waals surface area contributed by atoms with Gasteiger partial charge in [-0.3, -0.25) is 24.0 Å². The molecule has 0 aliphatic carbocycles. The molecule has 2 aromatic rings. The molecule has 5 atom stereocenters. The molecule has 13 heteroatoms. The van der Waals surface area contributed by atoms with Crippen LogP contribution in [0.5, 0.6) is 0 Å². The minimum Gasteiger partial charge on any atom is -0.463 e. The number of carbonyl (C=O) groups excluding carboxylic acids is 5. The van der Waals surface area contributed by atoms with Gasteiger partial charge in [0.05, 0.1) is 12.2 Å². The van der Waals surface area contributed by atoms with Crippen molar-refractivity contribution in [1.29, 1.82) is 0 Å². The molecule has 0 aromatic heterocycles. The second-order valence-corrected chi connectivity index (χ2v) is 10.2. The van der Waals surface area contributed by atoms with Gasteiger partial charge in [0.1, 0.15) is 18.8 Å². The fourth-order valence-electron chi connectivity index (χ4n) is 4.92. The van der Waals surface area contributed by atoms with Gasteiger partial charge in [-0.15, -0.1) is 0 Å². The number of hydrogen-bond acceptors (Lipinski definition) is 11. The summed E-state index contributed by atoms with van der Waals surface area (Å²) in [6, 6.07) is 13.7. The van der Waals surface area contributed by atoms with Crippen LogP contribution in [0.25, 0.3) is 0 Å². The number of oxime groups is 1. The van der Waals surface area contributed by atoms with Crippen LogP contribution < -0.4 is 10.2 Å². The zero-order chi connectivity index (χ0) is 31.3. The van der Waals surface area contributed by atoms with E-state index in [-0.39, 0.29) is 12.3 Å². The number of carbonyl (C=O) groups is 5. The molecule has 228 valence electrons. The summed E-state index contributed by atoms with van der Waals surface area (Å²) >= 11 is 0. The van der Waals surface area contributed by atoms with E-state index in [2.05, 4.69) is 10.5 Å². The highest BCUT2D eigenvalue weighted by Gasteiger charge is 2.52. The fraction of sp³-hybridized carbons (Fsp3) is 0.400. The molecule has 1 fully saturated rings. The van der Waals surface area contributed by atoms with Gasteiger partial charge in [-0.2, -0.15) is 0 Å². The Bertz CT molecular complexity index is 1430. The predicted octanol–water partition coefficient (Wildman–Crippen LogP) is 1.92. The third-order valence-electron chi connectivity index (χ3n) is 6.65. The molecule has 2 aliphatic heterocycles. The van der Waals surface area contributed by atoms with Gasteiger partial charge < -0.3 is 34.0 Å². The lowest BCUT2D eigenvalue weighted by molar-refractivity contribution is -0.278. The molecule has 1 saturated heterocycles. The number of amides is 2. The zero-order valence-electron chi connectivity index (χ0n) is 24.4. The van der Waals surface area contributed by atoms with E-state index in [9.17, 15) is 24.0 Å². The summed E-state index contributed by atoms with van der Waals surface area (Å²) in [5.74, 6) is -3.09. The lowest BCUT2D eigenvalue weighted by Crippen LogP contribution is -2.66. The number of rotatable bonds is 9. The maximum Gasteiger partial charge on any atom is 0.303 e. The summed E-state index contributed by atoms with van der Waals surface area (Å²) in [5.41, 5.74) is 2.93. The number of nitrogens with zero attached hydrogens (tertiary/aromatic N) is 2. The molecule has 43 heavy (non-hydrogen) atoms. The Kier molecular flexibility index (Phi) is 9.76. The van der Waals surface area contributed by atoms with Crippen molar-refractivity contribution in [3.63, 3.8) is 0 Å². The number of ether oxygens (including phenoxy) is 4. The van der Waals surface area contributed by atoms with Gasteiger partial charge in [-0.25, -0.2) is 0 Å². The minimum atomic E-state index is -1.46. The van der Waals surface area contributed by atoms with E-state index in [0.29, 0.717) is 11.3 Å². The van der Waals surface area contributed by atoms with E-state index >= 15 is 0 Å². The number of hydrogen-bond donors (Lipinski definition) is 1. The summed E-state index contributed by atoms with van der Waals surface area (Å²) in [5, 5.41) is 6.78. The number of fused-ring (bicyclic) bond motifs is 1. The quantitative estimate of drug-likeness (QED) is 0.258. The Balaban J connectivity index is 1.71. The topological polar surface area (TPSA) is 159 Å². The predicted molar refractivity (Wildman–Crippen MR) is 150 cm³/mol. The number of anilines is 1. The molecule has 0 radical (unpaired) electrons. The van der Waals surface area contributed by atoms with Crippen molar-refractivity contribution in [2.75, 3.05) is 11.5 Å². The van der Waals surface area contributed by atoms with E-state index < -0.39 is 67.0 Å². The second-order valence-electron chi connectivity index (χ2n) is 10.2. The molecule has 13 nitrogen and oxygen atoms in total. The molecular formula is C30H33N3O10. The van der Waals surface area contributed by atoms with E-state index in [0.717, 1.165) is 25.0 Å². The average Bonchev–Trinajstić information content (AvgIpc) is 3.18. The first-order valence-electron chi connectivity index (χ1n) is 13.6. The Morgan fingerprint density at radius 2 is 1.60 bits per heavy atom. The van der Waals surface area contributed by atoms with Crippen molar-refractivity contribution in [3.8, 4) is 0 Å². The Labute approximate surface area is 248 Å². The van der Waals surface area contributed by atoms with Gasteiger partial charge in [-0.05, 0) is 24.6 Å². The van der Waals surface area contributed by atoms with Gasteiger partial charge in [0.2, 0.25) is 5.91 Å². The van der Waals surface area contributed by atoms with Crippen LogP contribution in [0.4, 0.5) is 5.69 Å². The fourth-order valence-corrected chi connectivity index (χ4v) is 4.92. The Hall–Kier alpha value is -4.78. The van der Waals surface area contributed by atoms with Crippen molar-refractivity contribution in [1.82, 2.24) is 5.32 Å². The highest BCUT2D eigenvalue weighted by Crippen LogP contribution is 2.33. The molecule has 0 spiro atoms. The van der Waals surface area contributed by atoms with Crippen molar-refractivity contribution >= 4 is 41.1 Å². The minimum absolute atomic E-state index is 0.0116. The maximum absolute atomic E-state index is 13.7. The van der Waals surface area contributed by atoms with Crippen LogP contribution >= 0.6 is 0 Å². The van der Waals surface area contributed by atoms with Crippen LogP contribution in [-0.4, -0.2) is 72.7 Å². The normalized spacial score (nSPS) is 23.7. The maximum atomic E-state index is 13.7. The molecule has 2 aromatic carbocycles. The van der Waals surface area contributed by atoms with Gasteiger partial charge in [0, 0.05) is 33.3 Å². The first-order chi connectivity index (χ1) is 20.4. The SMILES string of the molecule is CC(=O)N[C@@H]1[C@H](O/N=C2\C(=O)N(Cc3ccccc3)c3ccc(C)cc32)O[C@H](COC(C)=O)[C@H](OC(C)=O)[C@@H]1OC(C)=O. The lowest BCUT2D eigenvalue weighted by Gasteiger charge is -2.43. The summed E-state index contributed by atoms with van der Waals surface area (Å²) in [6.45, 7) is 6.44. The highest BCUT2D eigenvalue weighted by molar-refractivity contribution is 6.54. The van der Waals surface area contributed by atoms with E-state index in [1.165, 1.54) is 13.8 Å². The smallest absolute Gasteiger partial charge is 0.303 e. The summed E-state index contributed by atoms with van der Waals surface area (Å²) in [6.07, 6.45) is -5.26. The van der Waals surface area contributed by atoms with Crippen molar-refractivity contribution in [3.05, 3.63) is 65.2 Å². The van der Waals surface area contributed by atoms with Crippen LogP contribution in [-0.2, 0) is 54.3 Å². The number of aryl methyl sites for hydroxylation is 1. The van der Waals surface area contributed by atoms with Crippen LogP contribution in [0.1, 0.15) is 44.4 Å². The Morgan fingerprint density at radius 1 is 0.930 bits per heavy atom. The summed E-state index contributed by atoms with van der Waals surface area (Å²) in [4.78, 5) is 68.9. The number of esters is 3. The molecular weight excluding hydrogens is 562 g/mol. The van der Waals surface area contributed by atoms with E-state index in [1.807, 2.05) is 49.4 Å². The third kappa shape index (κ3) is 7.55. The molecule has 4 rings (SSSR count). The third-order valence-corrected chi connectivity index (χ3v) is 6.65. The number of benzene rings is 2. The van der Waals surface area contributed by atoms with Crippen LogP contribution in [0.2, 0.25) is 0 Å². The van der Waals surface area contributed by atoms with Crippen molar-refractivity contribution in [2.24, 2.45) is 5.16 Å². The van der Waals surface area contributed by atoms with E-state index in [1.54, 1.807) is 11.0 Å². The van der Waals surface area contributed by atoms with Gasteiger partial charge in [0.15, 0.2) is 17.9 Å². The first-order valence-corrected chi connectivity index (χ1v) is 13.6. The molecule has 0 saturated carbocycles. The van der Waals surface area contributed by atoms with Crippen LogP contribution in [0.3, 0.4) is 0 Å². The molecule has 2 aliphatic rings. The molecule has 0 unspecified atom stereocenters.